The molecule has 0 spiro atoms. The van der Waals surface area contributed by atoms with Crippen molar-refractivity contribution in [1.29, 1.82) is 0 Å². The molecule has 168 valence electrons. The summed E-state index contributed by atoms with van der Waals surface area (Å²) in [6.07, 6.45) is 13.7. The van der Waals surface area contributed by atoms with Crippen LogP contribution in [0.3, 0.4) is 0 Å². The number of nitrogens with zero attached hydrogens (tertiary/aromatic N) is 7. The zero-order chi connectivity index (χ0) is 22.8. The van der Waals surface area contributed by atoms with Crippen molar-refractivity contribution in [2.75, 3.05) is 7.11 Å². The molecule has 5 aromatic rings. The summed E-state index contributed by atoms with van der Waals surface area (Å²) in [5.74, 6) is 0.844. The maximum Gasteiger partial charge on any atom is 0.118 e. The zero-order valence-corrected chi connectivity index (χ0v) is 19.1. The normalized spacial score (nSPS) is 11.5. The molecule has 0 aliphatic heterocycles. The molecule has 0 atom stereocenters. The van der Waals surface area contributed by atoms with Crippen LogP contribution in [0.15, 0.2) is 67.5 Å². The van der Waals surface area contributed by atoms with Gasteiger partial charge in [0.05, 0.1) is 61.4 Å². The van der Waals surface area contributed by atoms with E-state index in [4.69, 9.17) is 9.72 Å². The molecular weight excluding hydrogens is 414 g/mol. The summed E-state index contributed by atoms with van der Waals surface area (Å²) in [5.41, 5.74) is 5.71. The van der Waals surface area contributed by atoms with Crippen LogP contribution >= 0.6 is 0 Å². The number of methoxy groups -OCH3 is 1. The van der Waals surface area contributed by atoms with Gasteiger partial charge in [-0.15, -0.1) is 0 Å². The molecule has 4 heterocycles. The lowest BCUT2D eigenvalue weighted by Gasteiger charge is -2.12. The molecule has 8 heteroatoms. The first-order valence-corrected chi connectivity index (χ1v) is 11.2. The number of benzene rings is 1. The van der Waals surface area contributed by atoms with E-state index in [1.54, 1.807) is 13.3 Å². The molecule has 8 nitrogen and oxygen atoms in total. The van der Waals surface area contributed by atoms with Crippen molar-refractivity contribution >= 4 is 5.52 Å². The van der Waals surface area contributed by atoms with Crippen molar-refractivity contribution < 1.29 is 4.74 Å². The minimum absolute atomic E-state index is 0.388. The average molecular weight is 442 g/mol. The molecule has 5 rings (SSSR count). The Morgan fingerprint density at radius 1 is 0.879 bits per heavy atom. The Bertz CT molecular complexity index is 1360. The molecule has 0 bridgehead atoms. The largest absolute Gasteiger partial charge is 0.497 e. The molecular formula is C25H27N7O. The Hall–Kier alpha value is -3.94. The molecule has 33 heavy (non-hydrogen) atoms. The van der Waals surface area contributed by atoms with Gasteiger partial charge in [0.25, 0.3) is 0 Å². The Balaban J connectivity index is 1.47. The lowest BCUT2D eigenvalue weighted by Crippen LogP contribution is -2.06. The molecule has 0 aliphatic rings. The Morgan fingerprint density at radius 2 is 1.67 bits per heavy atom. The van der Waals surface area contributed by atoms with Crippen LogP contribution in [-0.4, -0.2) is 41.3 Å². The summed E-state index contributed by atoms with van der Waals surface area (Å²) in [5, 5.41) is 13.6. The standard InChI is InChI=1S/C25H27N7O/c1-4-21(5-2)31-16-20(13-28-31)25-24-10-11-26-32(24)17-23(29-25)19-12-27-30(15-19)14-18-6-8-22(33-3)9-7-18/h6-13,15-17,21H,4-5,14H2,1-3H3. The van der Waals surface area contributed by atoms with Gasteiger partial charge in [-0.2, -0.15) is 15.3 Å². The Labute approximate surface area is 192 Å². The molecule has 0 fully saturated rings. The van der Waals surface area contributed by atoms with E-state index in [9.17, 15) is 0 Å². The number of fused-ring (bicyclic) bond motifs is 1. The molecule has 0 saturated carbocycles. The van der Waals surface area contributed by atoms with E-state index in [0.717, 1.165) is 52.2 Å². The van der Waals surface area contributed by atoms with Gasteiger partial charge in [0.15, 0.2) is 0 Å². The third kappa shape index (κ3) is 4.11. The maximum absolute atomic E-state index is 5.24. The van der Waals surface area contributed by atoms with E-state index in [2.05, 4.69) is 35.3 Å². The molecule has 0 unspecified atom stereocenters. The zero-order valence-electron chi connectivity index (χ0n) is 19.1. The summed E-state index contributed by atoms with van der Waals surface area (Å²) in [4.78, 5) is 5.00. The first-order valence-electron chi connectivity index (χ1n) is 11.2. The van der Waals surface area contributed by atoms with Gasteiger partial charge >= 0.3 is 0 Å². The van der Waals surface area contributed by atoms with Crippen LogP contribution in [0, 0.1) is 0 Å². The van der Waals surface area contributed by atoms with Crippen molar-refractivity contribution in [3.8, 4) is 28.3 Å². The smallest absolute Gasteiger partial charge is 0.118 e. The van der Waals surface area contributed by atoms with E-state index >= 15 is 0 Å². The highest BCUT2D eigenvalue weighted by Gasteiger charge is 2.15. The molecule has 0 radical (unpaired) electrons. The summed E-state index contributed by atoms with van der Waals surface area (Å²) in [6, 6.07) is 10.4. The van der Waals surface area contributed by atoms with Gasteiger partial charge in [-0.1, -0.05) is 26.0 Å². The minimum atomic E-state index is 0.388. The van der Waals surface area contributed by atoms with Gasteiger partial charge in [0, 0.05) is 23.5 Å². The highest BCUT2D eigenvalue weighted by molar-refractivity contribution is 5.78. The van der Waals surface area contributed by atoms with E-state index in [0.29, 0.717) is 12.6 Å². The van der Waals surface area contributed by atoms with Crippen molar-refractivity contribution in [2.24, 2.45) is 0 Å². The van der Waals surface area contributed by atoms with Gasteiger partial charge in [-0.3, -0.25) is 9.36 Å². The average Bonchev–Trinajstić information content (AvgIpc) is 3.61. The molecule has 0 amide bonds. The van der Waals surface area contributed by atoms with E-state index in [1.807, 2.05) is 69.0 Å². The van der Waals surface area contributed by atoms with Crippen LogP contribution in [0.5, 0.6) is 5.75 Å². The predicted octanol–water partition coefficient (Wildman–Crippen LogP) is 4.87. The van der Waals surface area contributed by atoms with E-state index in [-0.39, 0.29) is 0 Å². The number of hydrogen-bond acceptors (Lipinski definition) is 5. The van der Waals surface area contributed by atoms with Crippen molar-refractivity contribution in [3.63, 3.8) is 0 Å². The molecule has 0 N–H and O–H groups in total. The Morgan fingerprint density at radius 3 is 2.42 bits per heavy atom. The van der Waals surface area contributed by atoms with Gasteiger partial charge in [-0.25, -0.2) is 9.50 Å². The highest BCUT2D eigenvalue weighted by Crippen LogP contribution is 2.28. The summed E-state index contributed by atoms with van der Waals surface area (Å²) in [6.45, 7) is 5.05. The monoisotopic (exact) mass is 441 g/mol. The van der Waals surface area contributed by atoms with Gasteiger partial charge < -0.3 is 4.74 Å². The Kier molecular flexibility index (Phi) is 5.64. The van der Waals surface area contributed by atoms with Crippen molar-refractivity contribution in [3.05, 3.63) is 73.1 Å². The fourth-order valence-corrected chi connectivity index (χ4v) is 4.10. The highest BCUT2D eigenvalue weighted by atomic mass is 16.5. The first-order chi connectivity index (χ1) is 16.2. The van der Waals surface area contributed by atoms with Gasteiger partial charge in [0.2, 0.25) is 0 Å². The maximum atomic E-state index is 5.24. The van der Waals surface area contributed by atoms with Crippen LogP contribution in [0.1, 0.15) is 38.3 Å². The molecule has 1 aromatic carbocycles. The fraction of sp³-hybridized carbons (Fsp3) is 0.280. The second kappa shape index (κ2) is 8.90. The third-order valence-electron chi connectivity index (χ3n) is 6.01. The SMILES string of the molecule is CCC(CC)n1cc(-c2nc(-c3cnn(Cc4ccc(OC)cc4)c3)cn3nccc23)cn1. The van der Waals surface area contributed by atoms with Crippen LogP contribution in [0.2, 0.25) is 0 Å². The number of rotatable bonds is 8. The second-order valence-corrected chi connectivity index (χ2v) is 8.09. The molecule has 4 aromatic heterocycles. The summed E-state index contributed by atoms with van der Waals surface area (Å²) < 4.78 is 11.1. The minimum Gasteiger partial charge on any atom is -0.497 e. The van der Waals surface area contributed by atoms with Crippen molar-refractivity contribution in [1.82, 2.24) is 34.2 Å². The van der Waals surface area contributed by atoms with Crippen LogP contribution in [0.4, 0.5) is 0 Å². The molecule has 0 aliphatic carbocycles. The summed E-state index contributed by atoms with van der Waals surface area (Å²) in [7, 11) is 1.67. The van der Waals surface area contributed by atoms with E-state index in [1.165, 1.54) is 0 Å². The van der Waals surface area contributed by atoms with Gasteiger partial charge in [-0.05, 0) is 36.6 Å². The lowest BCUT2D eigenvalue weighted by atomic mass is 10.1. The lowest BCUT2D eigenvalue weighted by molar-refractivity contribution is 0.414. The van der Waals surface area contributed by atoms with Crippen molar-refractivity contribution in [2.45, 2.75) is 39.3 Å². The molecule has 0 saturated heterocycles. The number of ether oxygens (including phenoxy) is 1. The topological polar surface area (TPSA) is 75.1 Å². The van der Waals surface area contributed by atoms with Crippen LogP contribution < -0.4 is 4.74 Å². The van der Waals surface area contributed by atoms with Crippen LogP contribution in [0.25, 0.3) is 28.0 Å². The predicted molar refractivity (Wildman–Crippen MR) is 127 cm³/mol. The second-order valence-electron chi connectivity index (χ2n) is 8.09. The fourth-order valence-electron chi connectivity index (χ4n) is 4.10. The number of aromatic nitrogens is 7. The third-order valence-corrected chi connectivity index (χ3v) is 6.01. The number of hydrogen-bond donors (Lipinski definition) is 0. The summed E-state index contributed by atoms with van der Waals surface area (Å²) >= 11 is 0. The first kappa shape index (κ1) is 20.9. The quantitative estimate of drug-likeness (QED) is 0.343. The van der Waals surface area contributed by atoms with E-state index < -0.39 is 0 Å². The van der Waals surface area contributed by atoms with Gasteiger partial charge in [0.1, 0.15) is 5.75 Å². The van der Waals surface area contributed by atoms with Crippen LogP contribution in [-0.2, 0) is 6.54 Å².